The first-order chi connectivity index (χ1) is 15.6. The van der Waals surface area contributed by atoms with Gasteiger partial charge >= 0.3 is 0 Å². The standard InChI is InChI=1S/C23H29F2N5O3/c1-13-10-29(11-14(2)33-13)15-5-7-16(8-6-15)30-21-19(23(3,4)22(30)32)20(26-9-17(24)25)27-18(12-31)28-21/h5-8,13-14,17,31H,9-12H2,1-4H3,(H,26,27,28)/t13-,14+. The highest BCUT2D eigenvalue weighted by Gasteiger charge is 2.48. The number of nitrogens with zero attached hydrogens (tertiary/aromatic N) is 4. The van der Waals surface area contributed by atoms with Gasteiger partial charge in [-0.05, 0) is 52.0 Å². The van der Waals surface area contributed by atoms with E-state index in [-0.39, 0.29) is 29.8 Å². The summed E-state index contributed by atoms with van der Waals surface area (Å²) >= 11 is 0. The molecule has 4 rings (SSSR count). The molecule has 2 aliphatic rings. The van der Waals surface area contributed by atoms with Crippen LogP contribution in [-0.2, 0) is 21.6 Å². The van der Waals surface area contributed by atoms with E-state index in [0.29, 0.717) is 17.1 Å². The Balaban J connectivity index is 1.71. The largest absolute Gasteiger partial charge is 0.388 e. The number of hydrogen-bond donors (Lipinski definition) is 2. The Morgan fingerprint density at radius 3 is 2.33 bits per heavy atom. The van der Waals surface area contributed by atoms with Crippen molar-refractivity contribution in [1.29, 1.82) is 0 Å². The van der Waals surface area contributed by atoms with Crippen LogP contribution in [0.15, 0.2) is 24.3 Å². The summed E-state index contributed by atoms with van der Waals surface area (Å²) in [5.41, 5.74) is 1.02. The number of benzene rings is 1. The minimum atomic E-state index is -2.59. The highest BCUT2D eigenvalue weighted by atomic mass is 19.3. The third kappa shape index (κ3) is 4.37. The van der Waals surface area contributed by atoms with Gasteiger partial charge in [0.2, 0.25) is 5.91 Å². The maximum atomic E-state index is 13.4. The molecule has 0 saturated carbocycles. The molecule has 0 spiro atoms. The van der Waals surface area contributed by atoms with Crippen LogP contribution in [0.25, 0.3) is 0 Å². The van der Waals surface area contributed by atoms with Gasteiger partial charge in [0, 0.05) is 18.8 Å². The number of alkyl halides is 2. The Morgan fingerprint density at radius 1 is 1.15 bits per heavy atom. The first kappa shape index (κ1) is 23.3. The van der Waals surface area contributed by atoms with Crippen LogP contribution < -0.4 is 15.1 Å². The predicted octanol–water partition coefficient (Wildman–Crippen LogP) is 3.22. The zero-order valence-corrected chi connectivity index (χ0v) is 19.2. The lowest BCUT2D eigenvalue weighted by molar-refractivity contribution is -0.121. The highest BCUT2D eigenvalue weighted by Crippen LogP contribution is 2.47. The lowest BCUT2D eigenvalue weighted by atomic mass is 9.87. The van der Waals surface area contributed by atoms with Gasteiger partial charge in [0.1, 0.15) is 18.2 Å². The lowest BCUT2D eigenvalue weighted by Crippen LogP contribution is -2.45. The number of aliphatic hydroxyl groups is 1. The first-order valence-electron chi connectivity index (χ1n) is 11.0. The molecule has 0 unspecified atom stereocenters. The van der Waals surface area contributed by atoms with Crippen molar-refractivity contribution in [3.63, 3.8) is 0 Å². The number of aliphatic hydroxyl groups excluding tert-OH is 1. The van der Waals surface area contributed by atoms with E-state index in [1.54, 1.807) is 13.8 Å². The number of carbonyl (C=O) groups is 1. The minimum absolute atomic E-state index is 0.0499. The predicted molar refractivity (Wildman–Crippen MR) is 121 cm³/mol. The van der Waals surface area contributed by atoms with E-state index in [1.807, 2.05) is 38.1 Å². The number of hydrogen-bond acceptors (Lipinski definition) is 7. The molecule has 8 nitrogen and oxygen atoms in total. The molecular formula is C23H29F2N5O3. The van der Waals surface area contributed by atoms with Crippen molar-refractivity contribution >= 4 is 28.9 Å². The summed E-state index contributed by atoms with van der Waals surface area (Å²) in [6.45, 7) is 7.95. The zero-order chi connectivity index (χ0) is 23.9. The quantitative estimate of drug-likeness (QED) is 0.683. The van der Waals surface area contributed by atoms with E-state index in [1.165, 1.54) is 4.90 Å². The number of amides is 1. The molecular weight excluding hydrogens is 432 g/mol. The number of anilines is 4. The van der Waals surface area contributed by atoms with E-state index in [9.17, 15) is 18.7 Å². The monoisotopic (exact) mass is 461 g/mol. The minimum Gasteiger partial charge on any atom is -0.388 e. The van der Waals surface area contributed by atoms with Crippen LogP contribution in [0, 0.1) is 0 Å². The Hall–Kier alpha value is -2.85. The highest BCUT2D eigenvalue weighted by molar-refractivity contribution is 6.12. The summed E-state index contributed by atoms with van der Waals surface area (Å²) in [6.07, 6.45) is -2.36. The fraction of sp³-hybridized carbons (Fsp3) is 0.522. The topological polar surface area (TPSA) is 90.8 Å². The number of ether oxygens (including phenoxy) is 1. The van der Waals surface area contributed by atoms with Gasteiger partial charge in [0.05, 0.1) is 35.4 Å². The van der Waals surface area contributed by atoms with Crippen LogP contribution in [0.1, 0.15) is 39.1 Å². The van der Waals surface area contributed by atoms with Crippen molar-refractivity contribution in [2.45, 2.75) is 58.4 Å². The normalized spacial score (nSPS) is 22.1. The number of rotatable bonds is 6. The molecule has 2 aliphatic heterocycles. The van der Waals surface area contributed by atoms with Crippen molar-refractivity contribution in [1.82, 2.24) is 9.97 Å². The summed E-state index contributed by atoms with van der Waals surface area (Å²) in [5.74, 6) is 0.234. The van der Waals surface area contributed by atoms with Crippen molar-refractivity contribution in [2.24, 2.45) is 0 Å². The van der Waals surface area contributed by atoms with Crippen LogP contribution in [0.4, 0.5) is 31.8 Å². The number of carbonyl (C=O) groups excluding carboxylic acids is 1. The molecule has 2 N–H and O–H groups in total. The average molecular weight is 462 g/mol. The Morgan fingerprint density at radius 2 is 1.76 bits per heavy atom. The molecule has 10 heteroatoms. The van der Waals surface area contributed by atoms with Gasteiger partial charge in [-0.3, -0.25) is 9.69 Å². The molecule has 0 aliphatic carbocycles. The molecule has 33 heavy (non-hydrogen) atoms. The van der Waals surface area contributed by atoms with Crippen LogP contribution >= 0.6 is 0 Å². The SMILES string of the molecule is C[C@@H]1CN(c2ccc(N3C(=O)C(C)(C)c4c(NCC(F)F)nc(CO)nc43)cc2)C[C@H](C)O1. The Kier molecular flexibility index (Phi) is 6.24. The van der Waals surface area contributed by atoms with Gasteiger partial charge in [0.15, 0.2) is 5.82 Å². The fourth-order valence-electron chi connectivity index (χ4n) is 4.53. The van der Waals surface area contributed by atoms with Crippen molar-refractivity contribution in [3.05, 3.63) is 35.7 Å². The second-order valence-electron chi connectivity index (χ2n) is 9.06. The van der Waals surface area contributed by atoms with Gasteiger partial charge in [-0.15, -0.1) is 0 Å². The molecule has 2 aromatic rings. The molecule has 2 atom stereocenters. The molecule has 0 bridgehead atoms. The number of morpholine rings is 1. The maximum absolute atomic E-state index is 13.4. The summed E-state index contributed by atoms with van der Waals surface area (Å²) in [5, 5.41) is 12.2. The molecule has 1 aromatic carbocycles. The average Bonchev–Trinajstić information content (AvgIpc) is 2.97. The lowest BCUT2D eigenvalue weighted by Gasteiger charge is -2.37. The van der Waals surface area contributed by atoms with E-state index in [0.717, 1.165) is 18.8 Å². The fourth-order valence-corrected chi connectivity index (χ4v) is 4.53. The zero-order valence-electron chi connectivity index (χ0n) is 19.2. The summed E-state index contributed by atoms with van der Waals surface area (Å²) in [6, 6.07) is 7.58. The van der Waals surface area contributed by atoms with E-state index >= 15 is 0 Å². The maximum Gasteiger partial charge on any atom is 0.255 e. The van der Waals surface area contributed by atoms with Crippen LogP contribution in [0.3, 0.4) is 0 Å². The Labute approximate surface area is 191 Å². The number of aromatic nitrogens is 2. The van der Waals surface area contributed by atoms with Gasteiger partial charge in [-0.25, -0.2) is 18.7 Å². The van der Waals surface area contributed by atoms with Crippen molar-refractivity contribution in [3.8, 4) is 0 Å². The van der Waals surface area contributed by atoms with Gasteiger partial charge in [-0.2, -0.15) is 0 Å². The smallest absolute Gasteiger partial charge is 0.255 e. The van der Waals surface area contributed by atoms with Gasteiger partial charge < -0.3 is 20.1 Å². The molecule has 1 aromatic heterocycles. The summed E-state index contributed by atoms with van der Waals surface area (Å²) in [4.78, 5) is 25.7. The summed E-state index contributed by atoms with van der Waals surface area (Å²) in [7, 11) is 0. The van der Waals surface area contributed by atoms with E-state index in [4.69, 9.17) is 4.74 Å². The third-order valence-electron chi connectivity index (χ3n) is 5.97. The van der Waals surface area contributed by atoms with E-state index < -0.39 is 25.0 Å². The second-order valence-corrected chi connectivity index (χ2v) is 9.06. The van der Waals surface area contributed by atoms with Crippen LogP contribution in [0.5, 0.6) is 0 Å². The molecule has 178 valence electrons. The van der Waals surface area contributed by atoms with Crippen LogP contribution in [-0.4, -0.2) is 59.2 Å². The van der Waals surface area contributed by atoms with Crippen molar-refractivity contribution in [2.75, 3.05) is 34.8 Å². The third-order valence-corrected chi connectivity index (χ3v) is 5.97. The number of nitrogens with one attached hydrogen (secondary N) is 1. The molecule has 0 radical (unpaired) electrons. The molecule has 1 fully saturated rings. The molecule has 1 amide bonds. The molecule has 3 heterocycles. The molecule has 1 saturated heterocycles. The number of fused-ring (bicyclic) bond motifs is 1. The van der Waals surface area contributed by atoms with Crippen LogP contribution in [0.2, 0.25) is 0 Å². The summed E-state index contributed by atoms with van der Waals surface area (Å²) < 4.78 is 31.5. The van der Waals surface area contributed by atoms with E-state index in [2.05, 4.69) is 20.2 Å². The Bertz CT molecular complexity index is 1020. The number of halogens is 2. The second kappa shape index (κ2) is 8.83. The van der Waals surface area contributed by atoms with Gasteiger partial charge in [-0.1, -0.05) is 0 Å². The van der Waals surface area contributed by atoms with Crippen molar-refractivity contribution < 1.29 is 23.4 Å². The van der Waals surface area contributed by atoms with Gasteiger partial charge in [0.25, 0.3) is 6.43 Å². The first-order valence-corrected chi connectivity index (χ1v) is 11.0.